The Hall–Kier alpha value is -2.73. The molecule has 0 fully saturated rings. The summed E-state index contributed by atoms with van der Waals surface area (Å²) in [5, 5.41) is 3.47. The summed E-state index contributed by atoms with van der Waals surface area (Å²) in [5.74, 6) is 1.17. The van der Waals surface area contributed by atoms with Gasteiger partial charge >= 0.3 is 0 Å². The summed E-state index contributed by atoms with van der Waals surface area (Å²) in [6.45, 7) is 2.80. The van der Waals surface area contributed by atoms with E-state index in [-0.39, 0.29) is 25.0 Å². The number of carbonyl (C=O) groups is 2. The summed E-state index contributed by atoms with van der Waals surface area (Å²) >= 11 is 6.16. The molecule has 0 atom stereocenters. The van der Waals surface area contributed by atoms with Gasteiger partial charge in [0, 0.05) is 38.0 Å². The Kier molecular flexibility index (Phi) is 6.19. The van der Waals surface area contributed by atoms with Crippen LogP contribution in [0.5, 0.6) is 11.5 Å². The number of hydrogen-bond donors (Lipinski definition) is 1. The van der Waals surface area contributed by atoms with Crippen molar-refractivity contribution in [3.63, 3.8) is 0 Å². The highest BCUT2D eigenvalue weighted by molar-refractivity contribution is 6.31. The fourth-order valence-electron chi connectivity index (χ4n) is 2.76. The van der Waals surface area contributed by atoms with E-state index in [0.29, 0.717) is 36.2 Å². The minimum absolute atomic E-state index is 0.0986. The largest absolute Gasteiger partial charge is 0.454 e. The van der Waals surface area contributed by atoms with E-state index in [1.54, 1.807) is 11.0 Å². The zero-order valence-corrected chi connectivity index (χ0v) is 15.8. The maximum Gasteiger partial charge on any atom is 0.231 e. The van der Waals surface area contributed by atoms with Crippen LogP contribution in [-0.4, -0.2) is 30.1 Å². The molecule has 6 nitrogen and oxygen atoms in total. The molecular weight excluding hydrogens is 368 g/mol. The molecule has 7 heteroatoms. The SMILES string of the molecule is CC(=O)N(CCC(=O)NCc1ccc2c(c1)OCO2)Cc1ccccc1Cl. The second-order valence-electron chi connectivity index (χ2n) is 6.25. The average molecular weight is 389 g/mol. The van der Waals surface area contributed by atoms with Crippen molar-refractivity contribution in [2.45, 2.75) is 26.4 Å². The normalized spacial score (nSPS) is 11.9. The van der Waals surface area contributed by atoms with Crippen LogP contribution >= 0.6 is 11.6 Å². The third kappa shape index (κ3) is 5.14. The van der Waals surface area contributed by atoms with Crippen LogP contribution in [-0.2, 0) is 22.7 Å². The second-order valence-corrected chi connectivity index (χ2v) is 6.65. The summed E-state index contributed by atoms with van der Waals surface area (Å²) < 4.78 is 10.6. The van der Waals surface area contributed by atoms with E-state index in [1.807, 2.05) is 36.4 Å². The number of ether oxygens (including phenoxy) is 2. The maximum absolute atomic E-state index is 12.2. The highest BCUT2D eigenvalue weighted by atomic mass is 35.5. The second kappa shape index (κ2) is 8.77. The van der Waals surface area contributed by atoms with Crippen LogP contribution in [0.25, 0.3) is 0 Å². The summed E-state index contributed by atoms with van der Waals surface area (Å²) in [4.78, 5) is 25.7. The summed E-state index contributed by atoms with van der Waals surface area (Å²) in [7, 11) is 0. The smallest absolute Gasteiger partial charge is 0.231 e. The Morgan fingerprint density at radius 3 is 2.70 bits per heavy atom. The Bertz CT molecular complexity index is 840. The lowest BCUT2D eigenvalue weighted by Gasteiger charge is -2.21. The zero-order chi connectivity index (χ0) is 19.2. The van der Waals surface area contributed by atoms with Crippen molar-refractivity contribution in [1.82, 2.24) is 10.2 Å². The molecule has 0 spiro atoms. The molecule has 2 amide bonds. The first-order valence-electron chi connectivity index (χ1n) is 8.67. The van der Waals surface area contributed by atoms with E-state index in [9.17, 15) is 9.59 Å². The van der Waals surface area contributed by atoms with E-state index in [4.69, 9.17) is 21.1 Å². The lowest BCUT2D eigenvalue weighted by atomic mass is 10.2. The Morgan fingerprint density at radius 2 is 1.93 bits per heavy atom. The van der Waals surface area contributed by atoms with Crippen molar-refractivity contribution in [1.29, 1.82) is 0 Å². The van der Waals surface area contributed by atoms with Gasteiger partial charge in [-0.25, -0.2) is 0 Å². The van der Waals surface area contributed by atoms with Crippen LogP contribution in [0.15, 0.2) is 42.5 Å². The summed E-state index contributed by atoms with van der Waals surface area (Å²) in [5.41, 5.74) is 1.78. The van der Waals surface area contributed by atoms with E-state index in [0.717, 1.165) is 11.1 Å². The molecule has 1 aliphatic rings. The van der Waals surface area contributed by atoms with Gasteiger partial charge in [-0.05, 0) is 29.3 Å². The monoisotopic (exact) mass is 388 g/mol. The van der Waals surface area contributed by atoms with E-state index in [2.05, 4.69) is 5.32 Å². The van der Waals surface area contributed by atoms with E-state index in [1.165, 1.54) is 6.92 Å². The van der Waals surface area contributed by atoms with Crippen LogP contribution in [0.3, 0.4) is 0 Å². The van der Waals surface area contributed by atoms with Gasteiger partial charge in [0.15, 0.2) is 11.5 Å². The molecule has 0 radical (unpaired) electrons. The van der Waals surface area contributed by atoms with Gasteiger partial charge in [0.2, 0.25) is 18.6 Å². The highest BCUT2D eigenvalue weighted by Gasteiger charge is 2.15. The van der Waals surface area contributed by atoms with Crippen molar-refractivity contribution in [2.75, 3.05) is 13.3 Å². The number of hydrogen-bond acceptors (Lipinski definition) is 4. The first kappa shape index (κ1) is 19.0. The molecule has 2 aromatic carbocycles. The Morgan fingerprint density at radius 1 is 1.15 bits per heavy atom. The topological polar surface area (TPSA) is 67.9 Å². The molecule has 0 saturated carbocycles. The maximum atomic E-state index is 12.2. The average Bonchev–Trinajstić information content (AvgIpc) is 3.12. The molecule has 0 aromatic heterocycles. The van der Waals surface area contributed by atoms with Crippen molar-refractivity contribution in [3.05, 3.63) is 58.6 Å². The molecule has 1 N–H and O–H groups in total. The van der Waals surface area contributed by atoms with Gasteiger partial charge in [-0.1, -0.05) is 35.9 Å². The summed E-state index contributed by atoms with van der Waals surface area (Å²) in [6.07, 6.45) is 0.217. The molecule has 1 heterocycles. The number of amides is 2. The number of carbonyl (C=O) groups excluding carboxylic acids is 2. The lowest BCUT2D eigenvalue weighted by molar-refractivity contribution is -0.130. The van der Waals surface area contributed by atoms with Crippen LogP contribution in [0.4, 0.5) is 0 Å². The number of rotatable bonds is 7. The minimum Gasteiger partial charge on any atom is -0.454 e. The van der Waals surface area contributed by atoms with Crippen molar-refractivity contribution >= 4 is 23.4 Å². The molecule has 0 bridgehead atoms. The van der Waals surface area contributed by atoms with Crippen LogP contribution in [0.2, 0.25) is 5.02 Å². The number of benzene rings is 2. The zero-order valence-electron chi connectivity index (χ0n) is 15.0. The third-order valence-corrected chi connectivity index (χ3v) is 4.67. The van der Waals surface area contributed by atoms with Gasteiger partial charge in [-0.3, -0.25) is 9.59 Å². The van der Waals surface area contributed by atoms with Gasteiger partial charge in [0.25, 0.3) is 0 Å². The molecule has 142 valence electrons. The van der Waals surface area contributed by atoms with Crippen molar-refractivity contribution in [3.8, 4) is 11.5 Å². The lowest BCUT2D eigenvalue weighted by Crippen LogP contribution is -2.33. The minimum atomic E-state index is -0.127. The molecule has 2 aromatic rings. The van der Waals surface area contributed by atoms with Crippen LogP contribution in [0.1, 0.15) is 24.5 Å². The summed E-state index contributed by atoms with van der Waals surface area (Å²) in [6, 6.07) is 12.9. The van der Waals surface area contributed by atoms with E-state index < -0.39 is 0 Å². The van der Waals surface area contributed by atoms with Crippen LogP contribution < -0.4 is 14.8 Å². The first-order valence-corrected chi connectivity index (χ1v) is 9.05. The van der Waals surface area contributed by atoms with Gasteiger partial charge in [0.1, 0.15) is 0 Å². The third-order valence-electron chi connectivity index (χ3n) is 4.30. The predicted octanol–water partition coefficient (Wildman–Crippen LogP) is 3.12. The fourth-order valence-corrected chi connectivity index (χ4v) is 2.95. The predicted molar refractivity (Wildman–Crippen MR) is 102 cm³/mol. The van der Waals surface area contributed by atoms with Crippen molar-refractivity contribution < 1.29 is 19.1 Å². The van der Waals surface area contributed by atoms with Gasteiger partial charge in [-0.2, -0.15) is 0 Å². The number of nitrogens with one attached hydrogen (secondary N) is 1. The van der Waals surface area contributed by atoms with E-state index >= 15 is 0 Å². The molecule has 0 unspecified atom stereocenters. The van der Waals surface area contributed by atoms with Crippen molar-refractivity contribution in [2.24, 2.45) is 0 Å². The Labute approximate surface area is 163 Å². The molecule has 0 saturated heterocycles. The molecule has 3 rings (SSSR count). The standard InChI is InChI=1S/C20H21ClN2O4/c1-14(24)23(12-16-4-2-3-5-17(16)21)9-8-20(25)22-11-15-6-7-18-19(10-15)27-13-26-18/h2-7,10H,8-9,11-13H2,1H3,(H,22,25). The Balaban J connectivity index is 1.49. The van der Waals surface area contributed by atoms with Gasteiger partial charge in [0.05, 0.1) is 0 Å². The van der Waals surface area contributed by atoms with Crippen LogP contribution in [0, 0.1) is 0 Å². The van der Waals surface area contributed by atoms with Gasteiger partial charge < -0.3 is 19.7 Å². The molecule has 0 aliphatic carbocycles. The molecule has 1 aliphatic heterocycles. The quantitative estimate of drug-likeness (QED) is 0.791. The molecular formula is C20H21ClN2O4. The molecule has 27 heavy (non-hydrogen) atoms. The fraction of sp³-hybridized carbons (Fsp3) is 0.300. The highest BCUT2D eigenvalue weighted by Crippen LogP contribution is 2.32. The first-order chi connectivity index (χ1) is 13.0. The number of nitrogens with zero attached hydrogens (tertiary/aromatic N) is 1. The number of fused-ring (bicyclic) bond motifs is 1. The number of halogens is 1. The van der Waals surface area contributed by atoms with Gasteiger partial charge in [-0.15, -0.1) is 0 Å².